The van der Waals surface area contributed by atoms with Crippen molar-refractivity contribution in [2.75, 3.05) is 20.9 Å². The summed E-state index contributed by atoms with van der Waals surface area (Å²) >= 11 is 0. The third-order valence-corrected chi connectivity index (χ3v) is 2.09. The predicted molar refractivity (Wildman–Crippen MR) is 48.6 cm³/mol. The SMILES string of the molecule is CCC(C(C)C)N(C)COC. The highest BCUT2D eigenvalue weighted by Crippen LogP contribution is 2.11. The topological polar surface area (TPSA) is 12.5 Å². The Kier molecular flexibility index (Phi) is 5.51. The number of hydrogen-bond acceptors (Lipinski definition) is 2. The van der Waals surface area contributed by atoms with Crippen LogP contribution in [0.4, 0.5) is 0 Å². The van der Waals surface area contributed by atoms with Crippen LogP contribution in [-0.2, 0) is 4.74 Å². The predicted octanol–water partition coefficient (Wildman–Crippen LogP) is 1.96. The minimum Gasteiger partial charge on any atom is -0.369 e. The lowest BCUT2D eigenvalue weighted by molar-refractivity contribution is 0.0371. The van der Waals surface area contributed by atoms with Crippen molar-refractivity contribution in [3.8, 4) is 0 Å². The summed E-state index contributed by atoms with van der Waals surface area (Å²) in [4.78, 5) is 2.25. The molecule has 0 radical (unpaired) electrons. The van der Waals surface area contributed by atoms with Crippen molar-refractivity contribution >= 4 is 0 Å². The summed E-state index contributed by atoms with van der Waals surface area (Å²) in [5, 5.41) is 0. The highest BCUT2D eigenvalue weighted by molar-refractivity contribution is 4.68. The van der Waals surface area contributed by atoms with Gasteiger partial charge in [-0.2, -0.15) is 0 Å². The number of ether oxygens (including phenoxy) is 1. The van der Waals surface area contributed by atoms with Gasteiger partial charge >= 0.3 is 0 Å². The highest BCUT2D eigenvalue weighted by Gasteiger charge is 2.15. The van der Waals surface area contributed by atoms with E-state index < -0.39 is 0 Å². The van der Waals surface area contributed by atoms with Crippen molar-refractivity contribution in [2.24, 2.45) is 5.92 Å². The maximum Gasteiger partial charge on any atom is 0.0986 e. The Balaban J connectivity index is 3.81. The first-order valence-electron chi connectivity index (χ1n) is 4.32. The largest absolute Gasteiger partial charge is 0.369 e. The summed E-state index contributed by atoms with van der Waals surface area (Å²) in [6.45, 7) is 7.45. The molecule has 0 aliphatic rings. The van der Waals surface area contributed by atoms with Crippen LogP contribution in [0.3, 0.4) is 0 Å². The average molecular weight is 159 g/mol. The van der Waals surface area contributed by atoms with Gasteiger partial charge in [-0.3, -0.25) is 4.90 Å². The molecule has 0 N–H and O–H groups in total. The Morgan fingerprint density at radius 3 is 2.18 bits per heavy atom. The van der Waals surface area contributed by atoms with Gasteiger partial charge in [-0.15, -0.1) is 0 Å². The van der Waals surface area contributed by atoms with E-state index in [9.17, 15) is 0 Å². The van der Waals surface area contributed by atoms with Gasteiger partial charge in [0, 0.05) is 13.2 Å². The van der Waals surface area contributed by atoms with E-state index in [1.54, 1.807) is 7.11 Å². The van der Waals surface area contributed by atoms with E-state index in [1.807, 2.05) is 0 Å². The second kappa shape index (κ2) is 5.56. The van der Waals surface area contributed by atoms with Gasteiger partial charge in [-0.25, -0.2) is 0 Å². The molecule has 0 aromatic rings. The van der Waals surface area contributed by atoms with Crippen molar-refractivity contribution in [3.63, 3.8) is 0 Å². The molecular weight excluding hydrogens is 138 g/mol. The maximum atomic E-state index is 5.06. The van der Waals surface area contributed by atoms with E-state index >= 15 is 0 Å². The van der Waals surface area contributed by atoms with E-state index in [0.717, 1.165) is 6.73 Å². The van der Waals surface area contributed by atoms with Gasteiger partial charge in [-0.1, -0.05) is 20.8 Å². The van der Waals surface area contributed by atoms with Crippen LogP contribution in [0, 0.1) is 5.92 Å². The molecule has 0 aromatic heterocycles. The second-order valence-electron chi connectivity index (χ2n) is 3.39. The van der Waals surface area contributed by atoms with Crippen LogP contribution in [0.5, 0.6) is 0 Å². The van der Waals surface area contributed by atoms with Crippen LogP contribution >= 0.6 is 0 Å². The number of hydrogen-bond donors (Lipinski definition) is 0. The van der Waals surface area contributed by atoms with Crippen molar-refractivity contribution in [2.45, 2.75) is 33.2 Å². The lowest BCUT2D eigenvalue weighted by atomic mass is 10.0. The molecule has 0 spiro atoms. The molecule has 0 heterocycles. The minimum absolute atomic E-state index is 0.648. The Hall–Kier alpha value is -0.0800. The van der Waals surface area contributed by atoms with Crippen LogP contribution < -0.4 is 0 Å². The zero-order valence-corrected chi connectivity index (χ0v) is 8.42. The summed E-state index contributed by atoms with van der Waals surface area (Å²) in [5.41, 5.74) is 0. The van der Waals surface area contributed by atoms with Gasteiger partial charge in [0.2, 0.25) is 0 Å². The minimum atomic E-state index is 0.648. The van der Waals surface area contributed by atoms with Crippen molar-refractivity contribution in [1.29, 1.82) is 0 Å². The molecule has 0 saturated carbocycles. The smallest absolute Gasteiger partial charge is 0.0986 e. The molecule has 68 valence electrons. The quantitative estimate of drug-likeness (QED) is 0.569. The first-order valence-corrected chi connectivity index (χ1v) is 4.32. The lowest BCUT2D eigenvalue weighted by Gasteiger charge is -2.29. The molecule has 1 unspecified atom stereocenters. The monoisotopic (exact) mass is 159 g/mol. The number of rotatable bonds is 5. The van der Waals surface area contributed by atoms with Crippen LogP contribution in [0.15, 0.2) is 0 Å². The summed E-state index contributed by atoms with van der Waals surface area (Å²) in [6.07, 6.45) is 1.19. The number of nitrogens with zero attached hydrogens (tertiary/aromatic N) is 1. The molecule has 11 heavy (non-hydrogen) atoms. The summed E-state index contributed by atoms with van der Waals surface area (Å²) < 4.78 is 5.06. The zero-order valence-electron chi connectivity index (χ0n) is 8.42. The van der Waals surface area contributed by atoms with Gasteiger partial charge in [0.05, 0.1) is 6.73 Å². The first-order chi connectivity index (χ1) is 5.13. The number of methoxy groups -OCH3 is 1. The van der Waals surface area contributed by atoms with Gasteiger partial charge in [0.25, 0.3) is 0 Å². The van der Waals surface area contributed by atoms with Crippen LogP contribution in [-0.4, -0.2) is 31.8 Å². The fraction of sp³-hybridized carbons (Fsp3) is 1.00. The molecule has 0 saturated heterocycles. The Bertz CT molecular complexity index is 93.6. The van der Waals surface area contributed by atoms with Crippen molar-refractivity contribution in [3.05, 3.63) is 0 Å². The van der Waals surface area contributed by atoms with Crippen LogP contribution in [0.1, 0.15) is 27.2 Å². The standard InChI is InChI=1S/C9H21NO/c1-6-9(8(2)3)10(4)7-11-5/h8-9H,6-7H2,1-5H3. The first kappa shape index (κ1) is 10.9. The second-order valence-corrected chi connectivity index (χ2v) is 3.39. The van der Waals surface area contributed by atoms with Crippen LogP contribution in [0.25, 0.3) is 0 Å². The molecule has 0 amide bonds. The van der Waals surface area contributed by atoms with Gasteiger partial charge in [0.15, 0.2) is 0 Å². The maximum absolute atomic E-state index is 5.06. The molecule has 0 aromatic carbocycles. The molecule has 2 nitrogen and oxygen atoms in total. The lowest BCUT2D eigenvalue weighted by Crippen LogP contribution is -2.36. The van der Waals surface area contributed by atoms with E-state index in [1.165, 1.54) is 6.42 Å². The van der Waals surface area contributed by atoms with E-state index in [4.69, 9.17) is 4.74 Å². The highest BCUT2D eigenvalue weighted by atomic mass is 16.5. The summed E-state index contributed by atoms with van der Waals surface area (Å²) in [7, 11) is 3.85. The molecule has 1 atom stereocenters. The summed E-state index contributed by atoms with van der Waals surface area (Å²) in [5.74, 6) is 0.708. The van der Waals surface area contributed by atoms with Gasteiger partial charge in [-0.05, 0) is 19.4 Å². The molecule has 0 rings (SSSR count). The molecular formula is C9H21NO. The molecule has 0 fully saturated rings. The fourth-order valence-corrected chi connectivity index (χ4v) is 1.59. The Morgan fingerprint density at radius 1 is 1.36 bits per heavy atom. The van der Waals surface area contributed by atoms with Gasteiger partial charge in [0.1, 0.15) is 0 Å². The van der Waals surface area contributed by atoms with E-state index in [-0.39, 0.29) is 0 Å². The molecule has 0 aliphatic carbocycles. The average Bonchev–Trinajstić information content (AvgIpc) is 1.88. The fourth-order valence-electron chi connectivity index (χ4n) is 1.59. The van der Waals surface area contributed by atoms with Gasteiger partial charge < -0.3 is 4.74 Å². The normalized spacial score (nSPS) is 14.5. The van der Waals surface area contributed by atoms with Crippen LogP contribution in [0.2, 0.25) is 0 Å². The van der Waals surface area contributed by atoms with E-state index in [2.05, 4.69) is 32.7 Å². The third-order valence-electron chi connectivity index (χ3n) is 2.09. The van der Waals surface area contributed by atoms with E-state index in [0.29, 0.717) is 12.0 Å². The van der Waals surface area contributed by atoms with Crippen molar-refractivity contribution in [1.82, 2.24) is 4.90 Å². The molecule has 0 aliphatic heterocycles. The molecule has 0 bridgehead atoms. The Morgan fingerprint density at radius 2 is 1.91 bits per heavy atom. The van der Waals surface area contributed by atoms with Crippen molar-refractivity contribution < 1.29 is 4.74 Å². The zero-order chi connectivity index (χ0) is 8.85. The Labute approximate surface area is 70.5 Å². The summed E-state index contributed by atoms with van der Waals surface area (Å²) in [6, 6.07) is 0.648. The molecule has 2 heteroatoms. The third kappa shape index (κ3) is 3.73.